The monoisotopic (exact) mass is 301 g/mol. The second-order valence-corrected chi connectivity index (χ2v) is 5.87. The number of benzene rings is 1. The first-order chi connectivity index (χ1) is 9.42. The van der Waals surface area contributed by atoms with Crippen LogP contribution in [0.2, 0.25) is 5.02 Å². The number of halogens is 2. The Bertz CT molecular complexity index is 423. The van der Waals surface area contributed by atoms with Gasteiger partial charge in [-0.15, -0.1) is 0 Å². The summed E-state index contributed by atoms with van der Waals surface area (Å²) in [7, 11) is 0. The average Bonchev–Trinajstić information content (AvgIpc) is 2.39. The van der Waals surface area contributed by atoms with Crippen LogP contribution in [-0.4, -0.2) is 24.8 Å². The highest BCUT2D eigenvalue weighted by atomic mass is 35.5. The molecule has 0 radical (unpaired) electrons. The molecule has 0 aromatic heterocycles. The zero-order valence-electron chi connectivity index (χ0n) is 12.8. The average molecular weight is 302 g/mol. The van der Waals surface area contributed by atoms with E-state index in [4.69, 9.17) is 16.3 Å². The molecule has 4 heteroatoms. The van der Waals surface area contributed by atoms with Crippen LogP contribution in [0.15, 0.2) is 18.2 Å². The standard InChI is InChI=1S/C16H25ClFNO/c1-5-10-19-14(16(3,4)20-6-2)11-12-8-7-9-13(17)15(12)18/h7-9,14,19H,5-6,10-11H2,1-4H3. The fourth-order valence-electron chi connectivity index (χ4n) is 2.28. The summed E-state index contributed by atoms with van der Waals surface area (Å²) in [6.07, 6.45) is 1.58. The topological polar surface area (TPSA) is 21.3 Å². The lowest BCUT2D eigenvalue weighted by molar-refractivity contribution is -0.0381. The molecule has 0 saturated heterocycles. The van der Waals surface area contributed by atoms with Gasteiger partial charge in [0.15, 0.2) is 0 Å². The molecule has 1 N–H and O–H groups in total. The first-order valence-corrected chi connectivity index (χ1v) is 7.60. The lowest BCUT2D eigenvalue weighted by Gasteiger charge is -2.35. The van der Waals surface area contributed by atoms with E-state index in [9.17, 15) is 4.39 Å². The fraction of sp³-hybridized carbons (Fsp3) is 0.625. The molecule has 0 heterocycles. The van der Waals surface area contributed by atoms with E-state index in [0.717, 1.165) is 13.0 Å². The van der Waals surface area contributed by atoms with Gasteiger partial charge in [-0.3, -0.25) is 0 Å². The number of hydrogen-bond donors (Lipinski definition) is 1. The molecule has 1 atom stereocenters. The van der Waals surface area contributed by atoms with E-state index in [1.807, 2.05) is 20.8 Å². The van der Waals surface area contributed by atoms with Gasteiger partial charge in [-0.25, -0.2) is 4.39 Å². The van der Waals surface area contributed by atoms with Gasteiger partial charge in [0.05, 0.1) is 10.6 Å². The Balaban J connectivity index is 2.91. The molecule has 114 valence electrons. The molecule has 0 saturated carbocycles. The van der Waals surface area contributed by atoms with Crippen LogP contribution < -0.4 is 5.32 Å². The summed E-state index contributed by atoms with van der Waals surface area (Å²) < 4.78 is 19.9. The van der Waals surface area contributed by atoms with Crippen molar-refractivity contribution in [2.45, 2.75) is 52.2 Å². The lowest BCUT2D eigenvalue weighted by Crippen LogP contribution is -2.50. The van der Waals surface area contributed by atoms with E-state index in [2.05, 4.69) is 12.2 Å². The summed E-state index contributed by atoms with van der Waals surface area (Å²) in [6, 6.07) is 5.17. The van der Waals surface area contributed by atoms with Crippen molar-refractivity contribution in [3.05, 3.63) is 34.6 Å². The summed E-state index contributed by atoms with van der Waals surface area (Å²) in [6.45, 7) is 9.66. The van der Waals surface area contributed by atoms with Crippen molar-refractivity contribution in [2.75, 3.05) is 13.2 Å². The van der Waals surface area contributed by atoms with E-state index in [1.54, 1.807) is 18.2 Å². The quantitative estimate of drug-likeness (QED) is 0.777. The zero-order chi connectivity index (χ0) is 15.2. The van der Waals surface area contributed by atoms with Gasteiger partial charge in [-0.05, 0) is 51.8 Å². The van der Waals surface area contributed by atoms with E-state index in [1.165, 1.54) is 0 Å². The molecule has 1 aromatic carbocycles. The Morgan fingerprint density at radius 3 is 2.65 bits per heavy atom. The third kappa shape index (κ3) is 4.72. The Hall–Kier alpha value is -0.640. The van der Waals surface area contributed by atoms with Crippen molar-refractivity contribution in [3.63, 3.8) is 0 Å². The van der Waals surface area contributed by atoms with Crippen LogP contribution in [0.1, 0.15) is 39.7 Å². The highest BCUT2D eigenvalue weighted by Crippen LogP contribution is 2.23. The van der Waals surface area contributed by atoms with Gasteiger partial charge in [-0.1, -0.05) is 30.7 Å². The maximum Gasteiger partial charge on any atom is 0.145 e. The number of rotatable bonds is 8. The molecule has 0 spiro atoms. The van der Waals surface area contributed by atoms with Crippen molar-refractivity contribution < 1.29 is 9.13 Å². The van der Waals surface area contributed by atoms with Gasteiger partial charge in [0.1, 0.15) is 5.82 Å². The molecule has 1 aromatic rings. The van der Waals surface area contributed by atoms with Crippen LogP contribution in [0.25, 0.3) is 0 Å². The first kappa shape index (κ1) is 17.4. The van der Waals surface area contributed by atoms with Gasteiger partial charge >= 0.3 is 0 Å². The normalized spacial score (nSPS) is 13.5. The summed E-state index contributed by atoms with van der Waals surface area (Å²) in [5, 5.41) is 3.63. The molecule has 20 heavy (non-hydrogen) atoms. The zero-order valence-corrected chi connectivity index (χ0v) is 13.6. The van der Waals surface area contributed by atoms with Crippen LogP contribution >= 0.6 is 11.6 Å². The van der Waals surface area contributed by atoms with E-state index in [-0.39, 0.29) is 22.5 Å². The lowest BCUT2D eigenvalue weighted by atomic mass is 9.91. The molecule has 0 bridgehead atoms. The van der Waals surface area contributed by atoms with E-state index in [0.29, 0.717) is 18.6 Å². The molecule has 0 aliphatic carbocycles. The molecule has 1 unspecified atom stereocenters. The smallest absolute Gasteiger partial charge is 0.145 e. The predicted octanol–water partition coefficient (Wildman–Crippen LogP) is 4.20. The third-order valence-electron chi connectivity index (χ3n) is 3.45. The van der Waals surface area contributed by atoms with Crippen molar-refractivity contribution in [3.8, 4) is 0 Å². The Labute approximate surface area is 126 Å². The molecule has 0 fully saturated rings. The predicted molar refractivity (Wildman–Crippen MR) is 82.9 cm³/mol. The minimum atomic E-state index is -0.362. The van der Waals surface area contributed by atoms with Crippen molar-refractivity contribution in [1.29, 1.82) is 0 Å². The second kappa shape index (κ2) is 7.96. The van der Waals surface area contributed by atoms with Gasteiger partial charge in [0.25, 0.3) is 0 Å². The third-order valence-corrected chi connectivity index (χ3v) is 3.74. The minimum absolute atomic E-state index is 0.0374. The van der Waals surface area contributed by atoms with Crippen LogP contribution in [0.4, 0.5) is 4.39 Å². The Morgan fingerprint density at radius 2 is 2.05 bits per heavy atom. The highest BCUT2D eigenvalue weighted by Gasteiger charge is 2.30. The Morgan fingerprint density at radius 1 is 1.35 bits per heavy atom. The van der Waals surface area contributed by atoms with Gasteiger partial charge in [0, 0.05) is 12.6 Å². The summed E-state index contributed by atoms with van der Waals surface area (Å²) in [5.41, 5.74) is 0.262. The maximum absolute atomic E-state index is 14.1. The minimum Gasteiger partial charge on any atom is -0.374 e. The number of nitrogens with one attached hydrogen (secondary N) is 1. The summed E-state index contributed by atoms with van der Waals surface area (Å²) in [5.74, 6) is -0.329. The van der Waals surface area contributed by atoms with Gasteiger partial charge < -0.3 is 10.1 Å². The van der Waals surface area contributed by atoms with Crippen LogP contribution in [0, 0.1) is 5.82 Å². The maximum atomic E-state index is 14.1. The molecule has 0 aliphatic heterocycles. The van der Waals surface area contributed by atoms with Gasteiger partial charge in [0.2, 0.25) is 0 Å². The van der Waals surface area contributed by atoms with E-state index < -0.39 is 0 Å². The summed E-state index contributed by atoms with van der Waals surface area (Å²) >= 11 is 5.85. The number of hydrogen-bond acceptors (Lipinski definition) is 2. The molecule has 1 rings (SSSR count). The second-order valence-electron chi connectivity index (χ2n) is 5.46. The van der Waals surface area contributed by atoms with Gasteiger partial charge in [-0.2, -0.15) is 0 Å². The fourth-order valence-corrected chi connectivity index (χ4v) is 2.48. The molecular formula is C16H25ClFNO. The van der Waals surface area contributed by atoms with Crippen LogP contribution in [0.5, 0.6) is 0 Å². The van der Waals surface area contributed by atoms with E-state index >= 15 is 0 Å². The van der Waals surface area contributed by atoms with Crippen molar-refractivity contribution >= 4 is 11.6 Å². The highest BCUT2D eigenvalue weighted by molar-refractivity contribution is 6.30. The molecule has 2 nitrogen and oxygen atoms in total. The number of ether oxygens (including phenoxy) is 1. The largest absolute Gasteiger partial charge is 0.374 e. The SMILES string of the molecule is CCCNC(Cc1cccc(Cl)c1F)C(C)(C)OCC. The van der Waals surface area contributed by atoms with Crippen LogP contribution in [0.3, 0.4) is 0 Å². The first-order valence-electron chi connectivity index (χ1n) is 7.22. The summed E-state index contributed by atoms with van der Waals surface area (Å²) in [4.78, 5) is 0. The molecule has 0 aliphatic rings. The van der Waals surface area contributed by atoms with Crippen molar-refractivity contribution in [2.24, 2.45) is 0 Å². The van der Waals surface area contributed by atoms with Crippen molar-refractivity contribution in [1.82, 2.24) is 5.32 Å². The Kier molecular flexibility index (Phi) is 6.93. The van der Waals surface area contributed by atoms with Crippen LogP contribution in [-0.2, 0) is 11.2 Å². The molecular weight excluding hydrogens is 277 g/mol. The molecule has 0 amide bonds.